The standard InChI is InChI=1S/C19H16ClN3O4S2/c20-14-6-2-1-5-13(14)11-15-18(25)22(19(26)29-15)10-8-21-16(24)12-28-17-7-3-4-9-23(17)27/h1-7,9,11H,8,10,12H2,(H,21,24)/b15-11-. The molecule has 1 aliphatic rings. The average molecular weight is 450 g/mol. The summed E-state index contributed by atoms with van der Waals surface area (Å²) >= 11 is 8.04. The van der Waals surface area contributed by atoms with E-state index in [2.05, 4.69) is 5.32 Å². The lowest BCUT2D eigenvalue weighted by Crippen LogP contribution is -2.38. The first kappa shape index (κ1) is 21.2. The number of pyridine rings is 1. The molecule has 3 amide bonds. The molecule has 29 heavy (non-hydrogen) atoms. The molecular weight excluding hydrogens is 434 g/mol. The van der Waals surface area contributed by atoms with Crippen LogP contribution in [0.4, 0.5) is 4.79 Å². The van der Waals surface area contributed by atoms with Gasteiger partial charge in [0.05, 0.1) is 10.7 Å². The highest BCUT2D eigenvalue weighted by Crippen LogP contribution is 2.33. The molecule has 1 aliphatic heterocycles. The van der Waals surface area contributed by atoms with Crippen LogP contribution in [0.15, 0.2) is 58.6 Å². The molecule has 0 aliphatic carbocycles. The summed E-state index contributed by atoms with van der Waals surface area (Å²) in [5, 5.41) is 14.7. The van der Waals surface area contributed by atoms with Crippen LogP contribution in [0.2, 0.25) is 5.02 Å². The molecule has 0 spiro atoms. The molecule has 2 heterocycles. The number of rotatable bonds is 7. The molecule has 1 fully saturated rings. The Morgan fingerprint density at radius 3 is 2.76 bits per heavy atom. The zero-order chi connectivity index (χ0) is 20.8. The van der Waals surface area contributed by atoms with Gasteiger partial charge in [-0.05, 0) is 47.3 Å². The van der Waals surface area contributed by atoms with Crippen LogP contribution in [-0.4, -0.2) is 40.8 Å². The highest BCUT2D eigenvalue weighted by Gasteiger charge is 2.34. The topological polar surface area (TPSA) is 93.4 Å². The Bertz CT molecular complexity index is 983. The molecule has 10 heteroatoms. The normalized spacial score (nSPS) is 15.2. The number of nitrogens with zero attached hydrogens (tertiary/aromatic N) is 2. The second kappa shape index (κ2) is 9.82. The number of nitrogens with one attached hydrogen (secondary N) is 1. The van der Waals surface area contributed by atoms with Gasteiger partial charge in [-0.1, -0.05) is 29.8 Å². The van der Waals surface area contributed by atoms with Crippen molar-refractivity contribution in [1.82, 2.24) is 10.2 Å². The van der Waals surface area contributed by atoms with Crippen molar-refractivity contribution in [3.8, 4) is 0 Å². The van der Waals surface area contributed by atoms with Crippen molar-refractivity contribution in [2.75, 3.05) is 18.8 Å². The fraction of sp³-hybridized carbons (Fsp3) is 0.158. The van der Waals surface area contributed by atoms with Crippen molar-refractivity contribution < 1.29 is 19.1 Å². The van der Waals surface area contributed by atoms with Crippen LogP contribution in [0.5, 0.6) is 0 Å². The monoisotopic (exact) mass is 449 g/mol. The van der Waals surface area contributed by atoms with Gasteiger partial charge in [0.15, 0.2) is 6.20 Å². The number of carbonyl (C=O) groups is 3. The van der Waals surface area contributed by atoms with Gasteiger partial charge < -0.3 is 10.5 Å². The number of imide groups is 1. The van der Waals surface area contributed by atoms with Crippen LogP contribution < -0.4 is 10.0 Å². The number of hydrogen-bond donors (Lipinski definition) is 1. The summed E-state index contributed by atoms with van der Waals surface area (Å²) in [6.45, 7) is 0.191. The van der Waals surface area contributed by atoms with Crippen molar-refractivity contribution in [3.63, 3.8) is 0 Å². The average Bonchev–Trinajstić information content (AvgIpc) is 2.96. The summed E-state index contributed by atoms with van der Waals surface area (Å²) < 4.78 is 0.684. The van der Waals surface area contributed by atoms with E-state index in [-0.39, 0.29) is 29.7 Å². The summed E-state index contributed by atoms with van der Waals surface area (Å²) in [5.74, 6) is -0.654. The molecule has 0 unspecified atom stereocenters. The molecule has 0 atom stereocenters. The summed E-state index contributed by atoms with van der Waals surface area (Å²) in [6, 6.07) is 12.0. The van der Waals surface area contributed by atoms with Crippen LogP contribution in [0.25, 0.3) is 6.08 Å². The fourth-order valence-corrected chi connectivity index (χ4v) is 4.24. The van der Waals surface area contributed by atoms with Gasteiger partial charge in [0.1, 0.15) is 0 Å². The third kappa shape index (κ3) is 5.53. The number of benzene rings is 1. The molecule has 1 aromatic carbocycles. The molecule has 150 valence electrons. The third-order valence-electron chi connectivity index (χ3n) is 3.86. The number of thioether (sulfide) groups is 2. The summed E-state index contributed by atoms with van der Waals surface area (Å²) in [6.07, 6.45) is 2.94. The van der Waals surface area contributed by atoms with E-state index < -0.39 is 11.1 Å². The van der Waals surface area contributed by atoms with E-state index in [1.165, 1.54) is 6.20 Å². The van der Waals surface area contributed by atoms with E-state index in [0.717, 1.165) is 28.4 Å². The largest absolute Gasteiger partial charge is 0.618 e. The SMILES string of the molecule is O=C(CSc1cccc[n+]1[O-])NCCN1C(=O)S/C(=C\c2ccccc2Cl)C1=O. The van der Waals surface area contributed by atoms with Gasteiger partial charge in [-0.3, -0.25) is 19.3 Å². The molecule has 2 aromatic rings. The smallest absolute Gasteiger partial charge is 0.293 e. The Kier molecular flexibility index (Phi) is 7.18. The quantitative estimate of drug-likeness (QED) is 0.302. The van der Waals surface area contributed by atoms with Crippen LogP contribution in [0.3, 0.4) is 0 Å². The van der Waals surface area contributed by atoms with Crippen molar-refractivity contribution in [2.24, 2.45) is 0 Å². The summed E-state index contributed by atoms with van der Waals surface area (Å²) in [4.78, 5) is 37.9. The summed E-state index contributed by atoms with van der Waals surface area (Å²) in [7, 11) is 0. The lowest BCUT2D eigenvalue weighted by atomic mass is 10.2. The Morgan fingerprint density at radius 2 is 2.00 bits per heavy atom. The molecule has 3 rings (SSSR count). The van der Waals surface area contributed by atoms with Crippen LogP contribution in [0.1, 0.15) is 5.56 Å². The molecule has 7 nitrogen and oxygen atoms in total. The van der Waals surface area contributed by atoms with Gasteiger partial charge >= 0.3 is 0 Å². The Hall–Kier alpha value is -2.49. The lowest BCUT2D eigenvalue weighted by molar-refractivity contribution is -0.645. The zero-order valence-corrected chi connectivity index (χ0v) is 17.4. The zero-order valence-electron chi connectivity index (χ0n) is 15.0. The highest BCUT2D eigenvalue weighted by atomic mass is 35.5. The summed E-state index contributed by atoms with van der Waals surface area (Å²) in [5.41, 5.74) is 0.654. The van der Waals surface area contributed by atoms with Crippen LogP contribution in [0, 0.1) is 5.21 Å². The molecule has 1 aromatic heterocycles. The molecule has 0 radical (unpaired) electrons. The van der Waals surface area contributed by atoms with Crippen LogP contribution in [-0.2, 0) is 9.59 Å². The first-order valence-corrected chi connectivity index (χ1v) is 10.7. The van der Waals surface area contributed by atoms with E-state index in [1.807, 2.05) is 0 Å². The predicted molar refractivity (Wildman–Crippen MR) is 113 cm³/mol. The van der Waals surface area contributed by atoms with E-state index >= 15 is 0 Å². The maximum atomic E-state index is 12.5. The Morgan fingerprint density at radius 1 is 1.24 bits per heavy atom. The van der Waals surface area contributed by atoms with Crippen molar-refractivity contribution in [1.29, 1.82) is 0 Å². The number of amides is 3. The Labute approximate surface area is 180 Å². The molecule has 1 saturated heterocycles. The van der Waals surface area contributed by atoms with E-state index in [0.29, 0.717) is 20.3 Å². The predicted octanol–water partition coefficient (Wildman–Crippen LogP) is 2.92. The van der Waals surface area contributed by atoms with Crippen LogP contribution >= 0.6 is 35.1 Å². The number of hydrogen-bond acceptors (Lipinski definition) is 6. The first-order valence-electron chi connectivity index (χ1n) is 8.53. The Balaban J connectivity index is 1.50. The fourth-order valence-electron chi connectivity index (χ4n) is 2.45. The minimum Gasteiger partial charge on any atom is -0.618 e. The molecular formula is C19H16ClN3O4S2. The molecule has 0 saturated carbocycles. The number of halogens is 1. The maximum Gasteiger partial charge on any atom is 0.293 e. The van der Waals surface area contributed by atoms with Crippen molar-refractivity contribution in [2.45, 2.75) is 5.03 Å². The van der Waals surface area contributed by atoms with Crippen molar-refractivity contribution in [3.05, 3.63) is 69.4 Å². The van der Waals surface area contributed by atoms with Crippen molar-refractivity contribution >= 4 is 58.3 Å². The molecule has 0 bridgehead atoms. The highest BCUT2D eigenvalue weighted by molar-refractivity contribution is 8.18. The van der Waals surface area contributed by atoms with Gasteiger partial charge in [-0.15, -0.1) is 0 Å². The lowest BCUT2D eigenvalue weighted by Gasteiger charge is -2.12. The van der Waals surface area contributed by atoms with Gasteiger partial charge in [-0.25, -0.2) is 0 Å². The van der Waals surface area contributed by atoms with Gasteiger partial charge in [0.25, 0.3) is 16.2 Å². The first-order chi connectivity index (χ1) is 14.0. The van der Waals surface area contributed by atoms with E-state index in [9.17, 15) is 19.6 Å². The van der Waals surface area contributed by atoms with Gasteiger partial charge in [0, 0.05) is 30.2 Å². The minimum atomic E-state index is -0.416. The second-order valence-electron chi connectivity index (χ2n) is 5.86. The van der Waals surface area contributed by atoms with Gasteiger partial charge in [0.2, 0.25) is 5.91 Å². The number of aromatic nitrogens is 1. The minimum absolute atomic E-state index is 0.0561. The maximum absolute atomic E-state index is 12.5. The van der Waals surface area contributed by atoms with Gasteiger partial charge in [-0.2, -0.15) is 4.73 Å². The second-order valence-corrected chi connectivity index (χ2v) is 8.25. The number of carbonyl (C=O) groups excluding carboxylic acids is 3. The van der Waals surface area contributed by atoms with E-state index in [1.54, 1.807) is 48.5 Å². The van der Waals surface area contributed by atoms with E-state index in [4.69, 9.17) is 11.6 Å². The third-order valence-corrected chi connectivity index (χ3v) is 6.13. The molecule has 1 N–H and O–H groups in total.